The Bertz CT molecular complexity index is 245. The number of hydrogen-bond acceptors (Lipinski definition) is 3. The SMILES string of the molecule is FC(F)(F)CCC1NCCOC12CCSCC2. The van der Waals surface area contributed by atoms with Crippen LogP contribution in [0.2, 0.25) is 0 Å². The van der Waals surface area contributed by atoms with Crippen LogP contribution in [-0.4, -0.2) is 42.5 Å². The standard InChI is InChI=1S/C11H18F3NOS/c12-11(13,14)2-1-9-10(16-6-5-15-9)3-7-17-8-4-10/h9,15H,1-8H2. The lowest BCUT2D eigenvalue weighted by atomic mass is 9.84. The molecule has 0 aromatic carbocycles. The summed E-state index contributed by atoms with van der Waals surface area (Å²) in [5, 5.41) is 3.22. The predicted molar refractivity (Wildman–Crippen MR) is 62.3 cm³/mol. The van der Waals surface area contributed by atoms with Gasteiger partial charge in [-0.25, -0.2) is 0 Å². The molecule has 2 fully saturated rings. The van der Waals surface area contributed by atoms with Crippen molar-refractivity contribution >= 4 is 11.8 Å². The molecule has 100 valence electrons. The fourth-order valence-electron chi connectivity index (χ4n) is 2.66. The van der Waals surface area contributed by atoms with E-state index >= 15 is 0 Å². The Morgan fingerprint density at radius 1 is 1.29 bits per heavy atom. The van der Waals surface area contributed by atoms with Crippen molar-refractivity contribution in [2.24, 2.45) is 0 Å². The van der Waals surface area contributed by atoms with Crippen LogP contribution in [0, 0.1) is 0 Å². The van der Waals surface area contributed by atoms with Crippen molar-refractivity contribution in [1.29, 1.82) is 0 Å². The van der Waals surface area contributed by atoms with Crippen LogP contribution >= 0.6 is 11.8 Å². The number of ether oxygens (including phenoxy) is 1. The van der Waals surface area contributed by atoms with Crippen LogP contribution in [0.15, 0.2) is 0 Å². The minimum Gasteiger partial charge on any atom is -0.372 e. The minimum absolute atomic E-state index is 0.133. The maximum Gasteiger partial charge on any atom is 0.389 e. The molecule has 2 saturated heterocycles. The molecule has 17 heavy (non-hydrogen) atoms. The van der Waals surface area contributed by atoms with Gasteiger partial charge >= 0.3 is 6.18 Å². The highest BCUT2D eigenvalue weighted by Gasteiger charge is 2.44. The van der Waals surface area contributed by atoms with Gasteiger partial charge < -0.3 is 10.1 Å². The van der Waals surface area contributed by atoms with Crippen molar-refractivity contribution in [1.82, 2.24) is 5.32 Å². The summed E-state index contributed by atoms with van der Waals surface area (Å²) in [4.78, 5) is 0. The van der Waals surface area contributed by atoms with Crippen LogP contribution in [0.4, 0.5) is 13.2 Å². The molecule has 6 heteroatoms. The highest BCUT2D eigenvalue weighted by molar-refractivity contribution is 7.99. The van der Waals surface area contributed by atoms with E-state index in [9.17, 15) is 13.2 Å². The molecule has 1 unspecified atom stereocenters. The van der Waals surface area contributed by atoms with Gasteiger partial charge in [-0.2, -0.15) is 24.9 Å². The second kappa shape index (κ2) is 5.36. The van der Waals surface area contributed by atoms with E-state index in [2.05, 4.69) is 5.32 Å². The Hall–Kier alpha value is 0.0600. The molecule has 2 aliphatic rings. The molecular formula is C11H18F3NOS. The number of halogens is 3. The van der Waals surface area contributed by atoms with Gasteiger partial charge in [0, 0.05) is 19.0 Å². The Kier molecular flexibility index (Phi) is 4.26. The van der Waals surface area contributed by atoms with Crippen molar-refractivity contribution in [3.8, 4) is 0 Å². The third kappa shape index (κ3) is 3.51. The van der Waals surface area contributed by atoms with E-state index < -0.39 is 12.6 Å². The van der Waals surface area contributed by atoms with Crippen LogP contribution in [0.25, 0.3) is 0 Å². The minimum atomic E-state index is -4.07. The van der Waals surface area contributed by atoms with Gasteiger partial charge in [-0.15, -0.1) is 0 Å². The second-order valence-electron chi connectivity index (χ2n) is 4.69. The number of morpholine rings is 1. The van der Waals surface area contributed by atoms with Crippen LogP contribution in [0.3, 0.4) is 0 Å². The summed E-state index contributed by atoms with van der Waals surface area (Å²) >= 11 is 1.86. The number of rotatable bonds is 2. The molecule has 2 nitrogen and oxygen atoms in total. The van der Waals surface area contributed by atoms with E-state index in [-0.39, 0.29) is 18.1 Å². The van der Waals surface area contributed by atoms with E-state index in [0.29, 0.717) is 13.2 Å². The van der Waals surface area contributed by atoms with Crippen LogP contribution < -0.4 is 5.32 Å². The van der Waals surface area contributed by atoms with E-state index in [0.717, 1.165) is 24.3 Å². The fourth-order valence-corrected chi connectivity index (χ4v) is 3.84. The first-order valence-electron chi connectivity index (χ1n) is 6.04. The van der Waals surface area contributed by atoms with Crippen LogP contribution in [-0.2, 0) is 4.74 Å². The monoisotopic (exact) mass is 269 g/mol. The van der Waals surface area contributed by atoms with Gasteiger partial charge in [-0.3, -0.25) is 0 Å². The number of hydrogen-bond donors (Lipinski definition) is 1. The topological polar surface area (TPSA) is 21.3 Å². The zero-order valence-electron chi connectivity index (χ0n) is 9.68. The molecule has 0 amide bonds. The van der Waals surface area contributed by atoms with Gasteiger partial charge in [-0.05, 0) is 30.8 Å². The van der Waals surface area contributed by atoms with E-state index in [1.165, 1.54) is 0 Å². The summed E-state index contributed by atoms with van der Waals surface area (Å²) in [7, 11) is 0. The predicted octanol–water partition coefficient (Wildman–Crippen LogP) is 2.58. The molecule has 0 radical (unpaired) electrons. The lowest BCUT2D eigenvalue weighted by Gasteiger charge is -2.47. The second-order valence-corrected chi connectivity index (χ2v) is 5.91. The first kappa shape index (κ1) is 13.5. The fraction of sp³-hybridized carbons (Fsp3) is 1.00. The average Bonchev–Trinajstić information content (AvgIpc) is 2.28. The van der Waals surface area contributed by atoms with E-state index in [1.54, 1.807) is 0 Å². The smallest absolute Gasteiger partial charge is 0.372 e. The Balaban J connectivity index is 1.96. The highest BCUT2D eigenvalue weighted by atomic mass is 32.2. The van der Waals surface area contributed by atoms with Gasteiger partial charge in [0.05, 0.1) is 12.2 Å². The molecule has 0 aliphatic carbocycles. The summed E-state index contributed by atoms with van der Waals surface area (Å²) in [5.41, 5.74) is -0.339. The van der Waals surface area contributed by atoms with Crippen molar-refractivity contribution in [2.45, 2.75) is 43.5 Å². The van der Waals surface area contributed by atoms with E-state index in [1.807, 2.05) is 11.8 Å². The molecule has 2 rings (SSSR count). The van der Waals surface area contributed by atoms with Gasteiger partial charge in [0.2, 0.25) is 0 Å². The highest BCUT2D eigenvalue weighted by Crippen LogP contribution is 2.37. The van der Waals surface area contributed by atoms with Gasteiger partial charge in [0.25, 0.3) is 0 Å². The van der Waals surface area contributed by atoms with Gasteiger partial charge in [0.1, 0.15) is 0 Å². The lowest BCUT2D eigenvalue weighted by molar-refractivity contribution is -0.149. The molecule has 1 atom stereocenters. The number of thioether (sulfide) groups is 1. The Morgan fingerprint density at radius 2 is 2.00 bits per heavy atom. The zero-order chi connectivity index (χ0) is 12.4. The maximum atomic E-state index is 12.3. The lowest BCUT2D eigenvalue weighted by Crippen LogP contribution is -2.59. The summed E-state index contributed by atoms with van der Waals surface area (Å²) in [5.74, 6) is 1.98. The molecule has 1 spiro atoms. The third-order valence-electron chi connectivity index (χ3n) is 3.57. The van der Waals surface area contributed by atoms with Crippen molar-refractivity contribution in [2.75, 3.05) is 24.7 Å². The van der Waals surface area contributed by atoms with E-state index in [4.69, 9.17) is 4.74 Å². The molecule has 1 N–H and O–H groups in total. The van der Waals surface area contributed by atoms with Gasteiger partial charge in [0.15, 0.2) is 0 Å². The summed E-state index contributed by atoms with van der Waals surface area (Å²) in [6, 6.07) is -0.140. The quantitative estimate of drug-likeness (QED) is 0.832. The molecule has 2 heterocycles. The Morgan fingerprint density at radius 3 is 2.65 bits per heavy atom. The summed E-state index contributed by atoms with van der Waals surface area (Å²) in [6.07, 6.45) is -2.92. The Labute approximate surface area is 104 Å². The normalized spacial score (nSPS) is 29.5. The average molecular weight is 269 g/mol. The van der Waals surface area contributed by atoms with Crippen LogP contribution in [0.1, 0.15) is 25.7 Å². The van der Waals surface area contributed by atoms with Crippen molar-refractivity contribution in [3.63, 3.8) is 0 Å². The molecule has 0 aromatic heterocycles. The summed E-state index contributed by atoms with van der Waals surface area (Å²) in [6.45, 7) is 1.28. The van der Waals surface area contributed by atoms with Crippen molar-refractivity contribution < 1.29 is 17.9 Å². The molecule has 0 saturated carbocycles. The molecular weight excluding hydrogens is 251 g/mol. The summed E-state index contributed by atoms with van der Waals surface area (Å²) < 4.78 is 42.7. The van der Waals surface area contributed by atoms with Crippen LogP contribution in [0.5, 0.6) is 0 Å². The first-order valence-corrected chi connectivity index (χ1v) is 7.19. The van der Waals surface area contributed by atoms with Crippen molar-refractivity contribution in [3.05, 3.63) is 0 Å². The molecule has 0 bridgehead atoms. The zero-order valence-corrected chi connectivity index (χ0v) is 10.5. The number of alkyl halides is 3. The third-order valence-corrected chi connectivity index (χ3v) is 4.56. The number of nitrogens with one attached hydrogen (secondary N) is 1. The molecule has 0 aromatic rings. The largest absolute Gasteiger partial charge is 0.389 e. The first-order chi connectivity index (χ1) is 8.02. The molecule has 2 aliphatic heterocycles. The maximum absolute atomic E-state index is 12.3. The van der Waals surface area contributed by atoms with Gasteiger partial charge in [-0.1, -0.05) is 0 Å².